The predicted molar refractivity (Wildman–Crippen MR) is 110 cm³/mol. The van der Waals surface area contributed by atoms with E-state index < -0.39 is 0 Å². The second-order valence-electron chi connectivity index (χ2n) is 6.26. The second kappa shape index (κ2) is 7.20. The molecule has 1 N–H and O–H groups in total. The van der Waals surface area contributed by atoms with Gasteiger partial charge >= 0.3 is 0 Å². The topological polar surface area (TPSA) is 23.9 Å². The standard InChI is InChI=1S/C25H19N/c26-25(23-15-11-21(12-16-23)19-7-3-1-4-8-19)24-17-13-22(14-18-24)20-9-5-2-6-10-20/h1-18,26H. The van der Waals surface area contributed by atoms with Crippen LogP contribution >= 0.6 is 0 Å². The molecule has 0 spiro atoms. The van der Waals surface area contributed by atoms with E-state index in [1.165, 1.54) is 22.3 Å². The number of benzene rings is 4. The number of hydrogen-bond acceptors (Lipinski definition) is 1. The fraction of sp³-hybridized carbons (Fsp3) is 0. The molecule has 0 aliphatic rings. The molecule has 0 amide bonds. The molecule has 0 atom stereocenters. The van der Waals surface area contributed by atoms with Gasteiger partial charge in [-0.25, -0.2) is 0 Å². The van der Waals surface area contributed by atoms with E-state index in [9.17, 15) is 0 Å². The highest BCUT2D eigenvalue weighted by atomic mass is 14.4. The van der Waals surface area contributed by atoms with E-state index in [1.807, 2.05) is 60.7 Å². The molecule has 4 aromatic carbocycles. The molecule has 0 aliphatic carbocycles. The Morgan fingerprint density at radius 2 is 0.692 bits per heavy atom. The molecule has 4 rings (SSSR count). The van der Waals surface area contributed by atoms with Crippen LogP contribution in [0.25, 0.3) is 22.3 Å². The van der Waals surface area contributed by atoms with Gasteiger partial charge in [-0.05, 0) is 22.3 Å². The van der Waals surface area contributed by atoms with Crippen molar-refractivity contribution in [1.82, 2.24) is 0 Å². The van der Waals surface area contributed by atoms with Crippen LogP contribution in [0.3, 0.4) is 0 Å². The summed E-state index contributed by atoms with van der Waals surface area (Å²) in [6.45, 7) is 0. The van der Waals surface area contributed by atoms with Crippen LogP contribution in [0.5, 0.6) is 0 Å². The van der Waals surface area contributed by atoms with Gasteiger partial charge in [-0.15, -0.1) is 0 Å². The van der Waals surface area contributed by atoms with Crippen molar-refractivity contribution in [1.29, 1.82) is 5.41 Å². The minimum Gasteiger partial charge on any atom is -0.300 e. The van der Waals surface area contributed by atoms with Crippen LogP contribution in [-0.4, -0.2) is 5.71 Å². The summed E-state index contributed by atoms with van der Waals surface area (Å²) in [5.41, 5.74) is 7.12. The Balaban J connectivity index is 1.56. The van der Waals surface area contributed by atoms with Gasteiger partial charge in [-0.2, -0.15) is 0 Å². The first-order valence-electron chi connectivity index (χ1n) is 8.71. The summed E-state index contributed by atoms with van der Waals surface area (Å²) in [5, 5.41) is 8.52. The Bertz CT molecular complexity index is 914. The van der Waals surface area contributed by atoms with E-state index in [1.54, 1.807) is 0 Å². The van der Waals surface area contributed by atoms with Gasteiger partial charge in [-0.1, -0.05) is 109 Å². The lowest BCUT2D eigenvalue weighted by molar-refractivity contribution is 1.45. The average molecular weight is 333 g/mol. The van der Waals surface area contributed by atoms with Crippen molar-refractivity contribution in [3.63, 3.8) is 0 Å². The highest BCUT2D eigenvalue weighted by Crippen LogP contribution is 2.22. The molecule has 4 aromatic rings. The zero-order valence-electron chi connectivity index (χ0n) is 14.4. The normalized spacial score (nSPS) is 10.5. The molecule has 1 heteroatoms. The largest absolute Gasteiger partial charge is 0.300 e. The summed E-state index contributed by atoms with van der Waals surface area (Å²) >= 11 is 0. The van der Waals surface area contributed by atoms with Crippen molar-refractivity contribution >= 4 is 5.71 Å². The summed E-state index contributed by atoms with van der Waals surface area (Å²) < 4.78 is 0. The first-order chi connectivity index (χ1) is 12.8. The summed E-state index contributed by atoms with van der Waals surface area (Å²) in [6, 6.07) is 37.0. The lowest BCUT2D eigenvalue weighted by atomic mass is 9.97. The van der Waals surface area contributed by atoms with Crippen molar-refractivity contribution < 1.29 is 0 Å². The summed E-state index contributed by atoms with van der Waals surface area (Å²) in [5.74, 6) is 0. The van der Waals surface area contributed by atoms with Gasteiger partial charge in [0, 0.05) is 11.1 Å². The predicted octanol–water partition coefficient (Wildman–Crippen LogP) is 6.44. The van der Waals surface area contributed by atoms with E-state index in [0.717, 1.165) is 11.1 Å². The second-order valence-corrected chi connectivity index (χ2v) is 6.26. The molecule has 124 valence electrons. The number of rotatable bonds is 4. The monoisotopic (exact) mass is 333 g/mol. The van der Waals surface area contributed by atoms with E-state index in [2.05, 4.69) is 48.5 Å². The fourth-order valence-corrected chi connectivity index (χ4v) is 3.09. The number of hydrogen-bond donors (Lipinski definition) is 1. The average Bonchev–Trinajstić information content (AvgIpc) is 2.75. The van der Waals surface area contributed by atoms with Crippen LogP contribution in [0.4, 0.5) is 0 Å². The summed E-state index contributed by atoms with van der Waals surface area (Å²) in [6.07, 6.45) is 0. The Morgan fingerprint density at radius 3 is 1.04 bits per heavy atom. The molecule has 1 nitrogen and oxygen atoms in total. The van der Waals surface area contributed by atoms with Crippen molar-refractivity contribution in [2.75, 3.05) is 0 Å². The maximum absolute atomic E-state index is 8.52. The van der Waals surface area contributed by atoms with Gasteiger partial charge in [0.05, 0.1) is 5.71 Å². The quantitative estimate of drug-likeness (QED) is 0.416. The van der Waals surface area contributed by atoms with Crippen LogP contribution in [0.2, 0.25) is 0 Å². The maximum atomic E-state index is 8.52. The Hall–Kier alpha value is -3.45. The van der Waals surface area contributed by atoms with Crippen molar-refractivity contribution in [3.8, 4) is 22.3 Å². The first-order valence-corrected chi connectivity index (χ1v) is 8.71. The smallest absolute Gasteiger partial charge is 0.0684 e. The van der Waals surface area contributed by atoms with E-state index in [0.29, 0.717) is 5.71 Å². The Kier molecular flexibility index (Phi) is 4.44. The molecule has 0 aliphatic heterocycles. The third kappa shape index (κ3) is 3.33. The molecule has 0 heterocycles. The molecular weight excluding hydrogens is 314 g/mol. The van der Waals surface area contributed by atoms with E-state index >= 15 is 0 Å². The third-order valence-electron chi connectivity index (χ3n) is 4.56. The Labute approximate surface area is 154 Å². The van der Waals surface area contributed by atoms with Gasteiger partial charge < -0.3 is 0 Å². The van der Waals surface area contributed by atoms with Gasteiger partial charge in [0.15, 0.2) is 0 Å². The highest BCUT2D eigenvalue weighted by Gasteiger charge is 2.06. The SMILES string of the molecule is N=C(c1ccc(-c2ccccc2)cc1)c1ccc(-c2ccccc2)cc1. The minimum atomic E-state index is 0.546. The van der Waals surface area contributed by atoms with Gasteiger partial charge in [0.2, 0.25) is 0 Å². The lowest BCUT2D eigenvalue weighted by Crippen LogP contribution is -2.01. The highest BCUT2D eigenvalue weighted by molar-refractivity contribution is 6.11. The van der Waals surface area contributed by atoms with Crippen LogP contribution in [0.1, 0.15) is 11.1 Å². The molecule has 0 radical (unpaired) electrons. The van der Waals surface area contributed by atoms with Gasteiger partial charge in [0.25, 0.3) is 0 Å². The molecule has 26 heavy (non-hydrogen) atoms. The van der Waals surface area contributed by atoms with Crippen molar-refractivity contribution in [3.05, 3.63) is 120 Å². The van der Waals surface area contributed by atoms with Gasteiger partial charge in [0.1, 0.15) is 0 Å². The maximum Gasteiger partial charge on any atom is 0.0684 e. The van der Waals surface area contributed by atoms with E-state index in [-0.39, 0.29) is 0 Å². The van der Waals surface area contributed by atoms with Crippen molar-refractivity contribution in [2.24, 2.45) is 0 Å². The van der Waals surface area contributed by atoms with Crippen LogP contribution < -0.4 is 0 Å². The molecule has 0 fully saturated rings. The summed E-state index contributed by atoms with van der Waals surface area (Å²) in [4.78, 5) is 0. The zero-order valence-corrected chi connectivity index (χ0v) is 14.4. The number of nitrogens with one attached hydrogen (secondary N) is 1. The fourth-order valence-electron chi connectivity index (χ4n) is 3.09. The van der Waals surface area contributed by atoms with Crippen LogP contribution in [-0.2, 0) is 0 Å². The molecular formula is C25H19N. The lowest BCUT2D eigenvalue weighted by Gasteiger charge is -2.08. The molecule has 0 saturated carbocycles. The van der Waals surface area contributed by atoms with Crippen LogP contribution in [0, 0.1) is 5.41 Å². The molecule has 0 unspecified atom stereocenters. The minimum absolute atomic E-state index is 0.546. The van der Waals surface area contributed by atoms with Crippen molar-refractivity contribution in [2.45, 2.75) is 0 Å². The van der Waals surface area contributed by atoms with E-state index in [4.69, 9.17) is 5.41 Å². The van der Waals surface area contributed by atoms with Crippen LogP contribution in [0.15, 0.2) is 109 Å². The Morgan fingerprint density at radius 1 is 0.385 bits per heavy atom. The molecule has 0 aromatic heterocycles. The van der Waals surface area contributed by atoms with Gasteiger partial charge in [-0.3, -0.25) is 5.41 Å². The third-order valence-corrected chi connectivity index (χ3v) is 4.56. The molecule has 0 saturated heterocycles. The molecule has 0 bridgehead atoms. The first kappa shape index (κ1) is 16.0. The summed E-state index contributed by atoms with van der Waals surface area (Å²) in [7, 11) is 0. The zero-order chi connectivity index (χ0) is 17.8.